The molecule has 2 aromatic rings. The van der Waals surface area contributed by atoms with Crippen LogP contribution in [-0.4, -0.2) is 52.9 Å². The second-order valence-electron chi connectivity index (χ2n) is 7.78. The summed E-state index contributed by atoms with van der Waals surface area (Å²) in [5.41, 5.74) is 1.25. The second-order valence-corrected chi connectivity index (χ2v) is 9.33. The van der Waals surface area contributed by atoms with Crippen LogP contribution in [0.25, 0.3) is 0 Å². The number of amides is 1. The fourth-order valence-electron chi connectivity index (χ4n) is 4.04. The van der Waals surface area contributed by atoms with Gasteiger partial charge < -0.3 is 5.32 Å². The number of nitrogens with zero attached hydrogens (tertiary/aromatic N) is 3. The molecule has 1 N–H and O–H groups in total. The highest BCUT2D eigenvalue weighted by atomic mass is 35.5. The van der Waals surface area contributed by atoms with Crippen molar-refractivity contribution in [3.63, 3.8) is 0 Å². The molecule has 150 valence electrons. The summed E-state index contributed by atoms with van der Waals surface area (Å²) >= 11 is 7.50. The highest BCUT2D eigenvalue weighted by Crippen LogP contribution is 2.20. The zero-order valence-corrected chi connectivity index (χ0v) is 17.6. The molecular formula is C21H27ClN4OS. The van der Waals surface area contributed by atoms with Gasteiger partial charge in [-0.25, -0.2) is 4.98 Å². The van der Waals surface area contributed by atoms with Crippen molar-refractivity contribution in [2.75, 3.05) is 26.2 Å². The predicted molar refractivity (Wildman–Crippen MR) is 114 cm³/mol. The standard InChI is InChI=1S/C21H27ClN4OS/c22-17-7-5-16(6-8-17)13-26-11-3-4-18(14-26)24-21(27)19-12-23-20(28-19)15-25-9-1-2-10-25/h5-8,12,18H,1-4,9-11,13-15H2,(H,24,27)/t18-/m1/s1. The molecule has 2 aliphatic rings. The molecule has 5 nitrogen and oxygen atoms in total. The summed E-state index contributed by atoms with van der Waals surface area (Å²) in [5, 5.41) is 5.03. The molecule has 4 rings (SSSR count). The van der Waals surface area contributed by atoms with Crippen LogP contribution in [0, 0.1) is 0 Å². The number of carbonyl (C=O) groups excluding carboxylic acids is 1. The van der Waals surface area contributed by atoms with Gasteiger partial charge in [-0.2, -0.15) is 0 Å². The molecule has 0 saturated carbocycles. The Morgan fingerprint density at radius 1 is 1.11 bits per heavy atom. The predicted octanol–water partition coefficient (Wildman–Crippen LogP) is 3.79. The second kappa shape index (κ2) is 9.35. The first-order chi connectivity index (χ1) is 13.7. The van der Waals surface area contributed by atoms with E-state index in [0.717, 1.165) is 67.0 Å². The zero-order valence-electron chi connectivity index (χ0n) is 16.1. The van der Waals surface area contributed by atoms with E-state index in [-0.39, 0.29) is 11.9 Å². The molecule has 0 unspecified atom stereocenters. The molecule has 2 fully saturated rings. The minimum Gasteiger partial charge on any atom is -0.347 e. The molecule has 0 radical (unpaired) electrons. The number of likely N-dealkylation sites (tertiary alicyclic amines) is 2. The molecule has 0 spiro atoms. The van der Waals surface area contributed by atoms with Gasteiger partial charge in [0.15, 0.2) is 0 Å². The summed E-state index contributed by atoms with van der Waals surface area (Å²) < 4.78 is 0. The van der Waals surface area contributed by atoms with Crippen molar-refractivity contribution >= 4 is 28.8 Å². The first-order valence-electron chi connectivity index (χ1n) is 10.1. The van der Waals surface area contributed by atoms with E-state index >= 15 is 0 Å². The lowest BCUT2D eigenvalue weighted by atomic mass is 10.0. The van der Waals surface area contributed by atoms with Crippen molar-refractivity contribution in [3.8, 4) is 0 Å². The average Bonchev–Trinajstić information content (AvgIpc) is 3.37. The van der Waals surface area contributed by atoms with Crippen LogP contribution in [0.5, 0.6) is 0 Å². The Morgan fingerprint density at radius 3 is 2.64 bits per heavy atom. The molecule has 2 saturated heterocycles. The fraction of sp³-hybridized carbons (Fsp3) is 0.524. The first kappa shape index (κ1) is 19.8. The van der Waals surface area contributed by atoms with E-state index in [4.69, 9.17) is 11.6 Å². The number of thiazole rings is 1. The summed E-state index contributed by atoms with van der Waals surface area (Å²) in [4.78, 5) is 22.7. The summed E-state index contributed by atoms with van der Waals surface area (Å²) in [6.07, 6.45) is 6.41. The van der Waals surface area contributed by atoms with E-state index in [0.29, 0.717) is 0 Å². The van der Waals surface area contributed by atoms with Crippen molar-refractivity contribution in [1.29, 1.82) is 0 Å². The van der Waals surface area contributed by atoms with Gasteiger partial charge in [0.1, 0.15) is 9.88 Å². The molecule has 3 heterocycles. The normalized spacial score (nSPS) is 21.1. The van der Waals surface area contributed by atoms with Gasteiger partial charge in [0.2, 0.25) is 0 Å². The number of nitrogens with one attached hydrogen (secondary N) is 1. The van der Waals surface area contributed by atoms with Crippen LogP contribution in [0.15, 0.2) is 30.5 Å². The number of benzene rings is 1. The Kier molecular flexibility index (Phi) is 6.62. The van der Waals surface area contributed by atoms with E-state index in [1.54, 1.807) is 6.20 Å². The number of rotatable bonds is 6. The average molecular weight is 419 g/mol. The third-order valence-corrected chi connectivity index (χ3v) is 6.73. The molecule has 1 amide bonds. The van der Waals surface area contributed by atoms with E-state index in [1.807, 2.05) is 12.1 Å². The molecule has 0 bridgehead atoms. The van der Waals surface area contributed by atoms with Crippen molar-refractivity contribution in [2.24, 2.45) is 0 Å². The van der Waals surface area contributed by atoms with E-state index in [1.165, 1.54) is 29.7 Å². The van der Waals surface area contributed by atoms with Crippen molar-refractivity contribution in [3.05, 3.63) is 50.9 Å². The maximum absolute atomic E-state index is 12.7. The Bertz CT molecular complexity index is 788. The maximum Gasteiger partial charge on any atom is 0.263 e. The van der Waals surface area contributed by atoms with Crippen LogP contribution in [0.2, 0.25) is 5.02 Å². The van der Waals surface area contributed by atoms with E-state index < -0.39 is 0 Å². The fourth-order valence-corrected chi connectivity index (χ4v) is 5.03. The van der Waals surface area contributed by atoms with Crippen LogP contribution in [0.1, 0.15) is 45.9 Å². The van der Waals surface area contributed by atoms with Crippen LogP contribution >= 0.6 is 22.9 Å². The van der Waals surface area contributed by atoms with Crippen molar-refractivity contribution in [2.45, 2.75) is 44.8 Å². The van der Waals surface area contributed by atoms with Crippen LogP contribution < -0.4 is 5.32 Å². The van der Waals surface area contributed by atoms with Gasteiger partial charge in [0.25, 0.3) is 5.91 Å². The molecule has 28 heavy (non-hydrogen) atoms. The highest BCUT2D eigenvalue weighted by Gasteiger charge is 2.23. The van der Waals surface area contributed by atoms with Crippen molar-refractivity contribution < 1.29 is 4.79 Å². The van der Waals surface area contributed by atoms with Gasteiger partial charge in [0, 0.05) is 24.2 Å². The maximum atomic E-state index is 12.7. The smallest absolute Gasteiger partial charge is 0.263 e. The van der Waals surface area contributed by atoms with Gasteiger partial charge in [-0.05, 0) is 63.0 Å². The molecule has 7 heteroatoms. The molecule has 2 aliphatic heterocycles. The molecule has 1 aromatic heterocycles. The lowest BCUT2D eigenvalue weighted by Crippen LogP contribution is -2.47. The minimum atomic E-state index is 0.0171. The lowest BCUT2D eigenvalue weighted by molar-refractivity contribution is 0.0904. The van der Waals surface area contributed by atoms with Gasteiger partial charge in [-0.3, -0.25) is 14.6 Å². The Labute approximate surface area is 175 Å². The number of halogens is 1. The third-order valence-electron chi connectivity index (χ3n) is 5.50. The quantitative estimate of drug-likeness (QED) is 0.775. The zero-order chi connectivity index (χ0) is 19.3. The monoisotopic (exact) mass is 418 g/mol. The summed E-state index contributed by atoms with van der Waals surface area (Å²) in [7, 11) is 0. The Morgan fingerprint density at radius 2 is 1.86 bits per heavy atom. The van der Waals surface area contributed by atoms with Gasteiger partial charge in [0.05, 0.1) is 12.7 Å². The van der Waals surface area contributed by atoms with E-state index in [2.05, 4.69) is 32.2 Å². The first-order valence-corrected chi connectivity index (χ1v) is 11.3. The topological polar surface area (TPSA) is 48.5 Å². The number of hydrogen-bond acceptors (Lipinski definition) is 5. The largest absolute Gasteiger partial charge is 0.347 e. The minimum absolute atomic E-state index is 0.0171. The Hall–Kier alpha value is -1.47. The number of piperidine rings is 1. The molecule has 1 atom stereocenters. The summed E-state index contributed by atoms with van der Waals surface area (Å²) in [6.45, 7) is 6.00. The van der Waals surface area contributed by atoms with Gasteiger partial charge >= 0.3 is 0 Å². The summed E-state index contributed by atoms with van der Waals surface area (Å²) in [6, 6.07) is 8.21. The molecular weight excluding hydrogens is 392 g/mol. The van der Waals surface area contributed by atoms with Crippen LogP contribution in [-0.2, 0) is 13.1 Å². The van der Waals surface area contributed by atoms with Gasteiger partial charge in [-0.1, -0.05) is 23.7 Å². The number of aromatic nitrogens is 1. The summed E-state index contributed by atoms with van der Waals surface area (Å²) in [5.74, 6) is 0.0171. The van der Waals surface area contributed by atoms with Crippen LogP contribution in [0.3, 0.4) is 0 Å². The Balaban J connectivity index is 1.29. The molecule has 1 aromatic carbocycles. The third kappa shape index (κ3) is 5.32. The lowest BCUT2D eigenvalue weighted by Gasteiger charge is -2.33. The van der Waals surface area contributed by atoms with Crippen molar-refractivity contribution in [1.82, 2.24) is 20.1 Å². The van der Waals surface area contributed by atoms with E-state index in [9.17, 15) is 4.79 Å². The highest BCUT2D eigenvalue weighted by molar-refractivity contribution is 7.13. The number of hydrogen-bond donors (Lipinski definition) is 1. The number of carbonyl (C=O) groups is 1. The van der Waals surface area contributed by atoms with Gasteiger partial charge in [-0.15, -0.1) is 11.3 Å². The SMILES string of the molecule is O=C(N[C@@H]1CCCN(Cc2ccc(Cl)cc2)C1)c1cnc(CN2CCCC2)s1. The molecule has 0 aliphatic carbocycles. The van der Waals surface area contributed by atoms with Crippen LogP contribution in [0.4, 0.5) is 0 Å².